The Hall–Kier alpha value is -1.73. The second-order valence-corrected chi connectivity index (χ2v) is 9.85. The van der Waals surface area contributed by atoms with Gasteiger partial charge in [0.1, 0.15) is 0 Å². The van der Waals surface area contributed by atoms with E-state index < -0.39 is 5.60 Å². The van der Waals surface area contributed by atoms with Gasteiger partial charge in [0.05, 0.1) is 12.0 Å². The first kappa shape index (κ1) is 19.6. The molecular weight excluding hydrogens is 350 g/mol. The Morgan fingerprint density at radius 2 is 1.93 bits per heavy atom. The van der Waals surface area contributed by atoms with E-state index in [4.69, 9.17) is 4.74 Å². The van der Waals surface area contributed by atoms with Crippen molar-refractivity contribution in [3.63, 3.8) is 0 Å². The van der Waals surface area contributed by atoms with Crippen LogP contribution in [0, 0.1) is 28.6 Å². The van der Waals surface area contributed by atoms with Crippen molar-refractivity contribution in [3.8, 4) is 11.8 Å². The molecule has 0 spiro atoms. The van der Waals surface area contributed by atoms with Gasteiger partial charge in [-0.25, -0.2) is 0 Å². The summed E-state index contributed by atoms with van der Waals surface area (Å²) in [5.74, 6) is 5.42. The third-order valence-corrected chi connectivity index (χ3v) is 7.93. The molecule has 152 valence electrons. The molecule has 4 rings (SSSR count). The van der Waals surface area contributed by atoms with Gasteiger partial charge in [-0.3, -0.25) is 4.79 Å². The van der Waals surface area contributed by atoms with Crippen molar-refractivity contribution in [1.29, 1.82) is 0 Å². The van der Waals surface area contributed by atoms with Crippen LogP contribution in [0.3, 0.4) is 0 Å². The summed E-state index contributed by atoms with van der Waals surface area (Å²) in [5, 5.41) is 11.8. The SMILES string of the molecule is CC#CCOC(=O)CC1=CC=C(N2C[C@@]3(C)C[C@@]3(C)C2)CC1(O)C1CCCC1. The van der Waals surface area contributed by atoms with Crippen LogP contribution in [0.5, 0.6) is 0 Å². The van der Waals surface area contributed by atoms with Gasteiger partial charge < -0.3 is 14.7 Å². The van der Waals surface area contributed by atoms with Gasteiger partial charge in [0, 0.05) is 25.2 Å². The minimum atomic E-state index is -0.926. The number of fused-ring (bicyclic) bond motifs is 1. The average Bonchev–Trinajstić information content (AvgIpc) is 3.04. The number of allylic oxidation sites excluding steroid dienone is 2. The lowest BCUT2D eigenvalue weighted by molar-refractivity contribution is -0.142. The first-order chi connectivity index (χ1) is 13.3. The Balaban J connectivity index is 1.53. The predicted octanol–water partition coefficient (Wildman–Crippen LogP) is 3.81. The van der Waals surface area contributed by atoms with Crippen molar-refractivity contribution in [1.82, 2.24) is 4.90 Å². The molecule has 1 saturated heterocycles. The smallest absolute Gasteiger partial charge is 0.310 e. The highest BCUT2D eigenvalue weighted by molar-refractivity contribution is 5.73. The summed E-state index contributed by atoms with van der Waals surface area (Å²) >= 11 is 0. The Kier molecular flexibility index (Phi) is 4.86. The number of ether oxygens (including phenoxy) is 1. The predicted molar refractivity (Wildman–Crippen MR) is 109 cm³/mol. The number of nitrogens with zero attached hydrogens (tertiary/aromatic N) is 1. The lowest BCUT2D eigenvalue weighted by atomic mass is 9.73. The van der Waals surface area contributed by atoms with E-state index in [1.807, 2.05) is 6.08 Å². The maximum Gasteiger partial charge on any atom is 0.310 e. The molecule has 1 unspecified atom stereocenters. The number of carbonyl (C=O) groups is 1. The van der Waals surface area contributed by atoms with Crippen LogP contribution in [0.15, 0.2) is 23.4 Å². The molecule has 4 heteroatoms. The third kappa shape index (κ3) is 3.28. The van der Waals surface area contributed by atoms with E-state index in [0.717, 1.165) is 44.3 Å². The van der Waals surface area contributed by atoms with E-state index >= 15 is 0 Å². The second-order valence-electron chi connectivity index (χ2n) is 9.85. The molecule has 3 fully saturated rings. The molecule has 1 aliphatic heterocycles. The molecule has 3 aliphatic carbocycles. The summed E-state index contributed by atoms with van der Waals surface area (Å²) in [6, 6.07) is 0. The van der Waals surface area contributed by atoms with E-state index in [0.29, 0.717) is 17.3 Å². The lowest BCUT2D eigenvalue weighted by Gasteiger charge is -2.41. The second kappa shape index (κ2) is 6.95. The fourth-order valence-electron chi connectivity index (χ4n) is 5.84. The molecule has 28 heavy (non-hydrogen) atoms. The fraction of sp³-hybridized carbons (Fsp3) is 0.708. The van der Waals surface area contributed by atoms with E-state index in [-0.39, 0.29) is 24.9 Å². The van der Waals surface area contributed by atoms with Crippen LogP contribution in [0.4, 0.5) is 0 Å². The number of piperidine rings is 1. The van der Waals surface area contributed by atoms with Crippen LogP contribution in [0.2, 0.25) is 0 Å². The van der Waals surface area contributed by atoms with Gasteiger partial charge in [-0.1, -0.05) is 38.7 Å². The number of aliphatic hydroxyl groups is 1. The molecule has 1 heterocycles. The molecule has 2 saturated carbocycles. The van der Waals surface area contributed by atoms with Crippen LogP contribution in [0.25, 0.3) is 0 Å². The highest BCUT2D eigenvalue weighted by Crippen LogP contribution is 2.68. The minimum absolute atomic E-state index is 0.122. The number of hydrogen-bond donors (Lipinski definition) is 1. The summed E-state index contributed by atoms with van der Waals surface area (Å²) in [7, 11) is 0. The third-order valence-electron chi connectivity index (χ3n) is 7.93. The first-order valence-electron chi connectivity index (χ1n) is 10.7. The number of esters is 1. The van der Waals surface area contributed by atoms with Crippen molar-refractivity contribution in [3.05, 3.63) is 23.4 Å². The maximum absolute atomic E-state index is 12.3. The summed E-state index contributed by atoms with van der Waals surface area (Å²) in [5.41, 5.74) is 1.98. The molecule has 3 atom stereocenters. The molecule has 0 bridgehead atoms. The van der Waals surface area contributed by atoms with E-state index in [1.165, 1.54) is 12.1 Å². The Morgan fingerprint density at radius 1 is 1.25 bits per heavy atom. The first-order valence-corrected chi connectivity index (χ1v) is 10.7. The standard InChI is InChI=1S/C24H33NO3/c1-4-5-12-28-21(26)13-19-10-11-20(14-24(19,27)18-8-6-7-9-18)25-16-22(2)15-23(22,3)17-25/h10-11,18,27H,6-9,12-17H2,1-3H3/t22-,23+,24?. The topological polar surface area (TPSA) is 49.8 Å². The Labute approximate surface area is 169 Å². The van der Waals surface area contributed by atoms with Crippen LogP contribution >= 0.6 is 0 Å². The molecule has 1 N–H and O–H groups in total. The van der Waals surface area contributed by atoms with E-state index in [9.17, 15) is 9.90 Å². The largest absolute Gasteiger partial charge is 0.452 e. The lowest BCUT2D eigenvalue weighted by Crippen LogP contribution is -2.44. The van der Waals surface area contributed by atoms with Crippen LogP contribution in [-0.4, -0.2) is 41.3 Å². The summed E-state index contributed by atoms with van der Waals surface area (Å²) in [6.07, 6.45) is 10.6. The van der Waals surface area contributed by atoms with Crippen LogP contribution in [-0.2, 0) is 9.53 Å². The molecule has 0 amide bonds. The number of rotatable bonds is 5. The average molecular weight is 384 g/mol. The summed E-state index contributed by atoms with van der Waals surface area (Å²) in [6.45, 7) is 8.78. The van der Waals surface area contributed by atoms with Crippen LogP contribution < -0.4 is 0 Å². The fourth-order valence-corrected chi connectivity index (χ4v) is 5.84. The number of hydrogen-bond acceptors (Lipinski definition) is 4. The zero-order chi connectivity index (χ0) is 20.0. The van der Waals surface area contributed by atoms with E-state index in [1.54, 1.807) is 6.92 Å². The zero-order valence-corrected chi connectivity index (χ0v) is 17.5. The van der Waals surface area contributed by atoms with Gasteiger partial charge in [-0.15, -0.1) is 5.92 Å². The van der Waals surface area contributed by atoms with Gasteiger partial charge in [-0.05, 0) is 54.6 Å². The molecule has 4 aliphatic rings. The molecule has 4 nitrogen and oxygen atoms in total. The van der Waals surface area contributed by atoms with Gasteiger partial charge in [-0.2, -0.15) is 0 Å². The van der Waals surface area contributed by atoms with Gasteiger partial charge >= 0.3 is 5.97 Å². The van der Waals surface area contributed by atoms with Crippen molar-refractivity contribution >= 4 is 5.97 Å². The zero-order valence-electron chi connectivity index (χ0n) is 17.5. The Morgan fingerprint density at radius 3 is 2.57 bits per heavy atom. The van der Waals surface area contributed by atoms with Crippen molar-refractivity contribution in [2.45, 2.75) is 71.3 Å². The van der Waals surface area contributed by atoms with Crippen LogP contribution in [0.1, 0.15) is 65.7 Å². The van der Waals surface area contributed by atoms with Crippen molar-refractivity contribution < 1.29 is 14.6 Å². The molecule has 0 aromatic carbocycles. The molecular formula is C24H33NO3. The summed E-state index contributed by atoms with van der Waals surface area (Å²) in [4.78, 5) is 14.8. The quantitative estimate of drug-likeness (QED) is 0.579. The number of likely N-dealkylation sites (tertiary alicyclic amines) is 1. The van der Waals surface area contributed by atoms with Crippen molar-refractivity contribution in [2.24, 2.45) is 16.7 Å². The normalized spacial score (nSPS) is 36.9. The number of carbonyl (C=O) groups excluding carboxylic acids is 1. The molecule has 0 aromatic rings. The van der Waals surface area contributed by atoms with Crippen molar-refractivity contribution in [2.75, 3.05) is 19.7 Å². The van der Waals surface area contributed by atoms with Gasteiger partial charge in [0.25, 0.3) is 0 Å². The van der Waals surface area contributed by atoms with Gasteiger partial charge in [0.2, 0.25) is 0 Å². The highest BCUT2D eigenvalue weighted by atomic mass is 16.5. The Bertz CT molecular complexity index is 765. The summed E-state index contributed by atoms with van der Waals surface area (Å²) < 4.78 is 5.22. The monoisotopic (exact) mass is 383 g/mol. The highest BCUT2D eigenvalue weighted by Gasteiger charge is 2.66. The van der Waals surface area contributed by atoms with Gasteiger partial charge in [0.15, 0.2) is 6.61 Å². The molecule has 0 radical (unpaired) electrons. The van der Waals surface area contributed by atoms with E-state index in [2.05, 4.69) is 36.7 Å². The minimum Gasteiger partial charge on any atom is -0.452 e. The molecule has 0 aromatic heterocycles. The maximum atomic E-state index is 12.3.